The van der Waals surface area contributed by atoms with Gasteiger partial charge in [0.2, 0.25) is 0 Å². The van der Waals surface area contributed by atoms with Gasteiger partial charge >= 0.3 is 5.69 Å². The van der Waals surface area contributed by atoms with E-state index in [1.54, 1.807) is 7.11 Å². The Morgan fingerprint density at radius 2 is 1.89 bits per heavy atom. The quantitative estimate of drug-likeness (QED) is 0.303. The molecule has 0 fully saturated rings. The van der Waals surface area contributed by atoms with Gasteiger partial charge in [0.1, 0.15) is 11.4 Å². The van der Waals surface area contributed by atoms with Crippen molar-refractivity contribution >= 4 is 27.8 Å². The van der Waals surface area contributed by atoms with E-state index in [-0.39, 0.29) is 28.4 Å². The minimum atomic E-state index is -0.565. The third-order valence-corrected chi connectivity index (χ3v) is 6.52. The lowest BCUT2D eigenvalue weighted by Gasteiger charge is -2.19. The average molecular weight is 498 g/mol. The zero-order chi connectivity index (χ0) is 25.9. The maximum Gasteiger partial charge on any atom is 0.329 e. The molecule has 1 amide bonds. The molecular weight excluding hydrogens is 470 g/mol. The largest absolute Gasteiger partial charge is 0.497 e. The molecule has 3 N–H and O–H groups in total. The molecule has 37 heavy (non-hydrogen) atoms. The number of methoxy groups -OCH3 is 1. The first kappa shape index (κ1) is 24.1. The number of pyridine rings is 1. The predicted octanol–water partition coefficient (Wildman–Crippen LogP) is 3.55. The lowest BCUT2D eigenvalue weighted by molar-refractivity contribution is 0.0952. The highest BCUT2D eigenvalue weighted by molar-refractivity contribution is 5.96. The minimum absolute atomic E-state index is 0.141. The molecule has 5 aromatic rings. The number of aryl methyl sites for hydroxylation is 1. The summed E-state index contributed by atoms with van der Waals surface area (Å²) < 4.78 is 6.72. The first-order valence-electron chi connectivity index (χ1n) is 12.1. The molecule has 1 unspecified atom stereocenters. The topological polar surface area (TPSA) is 122 Å². The summed E-state index contributed by atoms with van der Waals surface area (Å²) in [6, 6.07) is 17.3. The van der Waals surface area contributed by atoms with Crippen molar-refractivity contribution in [1.82, 2.24) is 24.8 Å². The van der Waals surface area contributed by atoms with Crippen LogP contribution in [0.2, 0.25) is 0 Å². The van der Waals surface area contributed by atoms with Gasteiger partial charge < -0.3 is 15.0 Å². The molecule has 0 bridgehead atoms. The fraction of sp³-hybridized carbons (Fsp3) is 0.214. The monoisotopic (exact) mass is 497 g/mol. The molecule has 0 radical (unpaired) electrons. The summed E-state index contributed by atoms with van der Waals surface area (Å²) >= 11 is 0. The summed E-state index contributed by atoms with van der Waals surface area (Å²) in [5.41, 5.74) is 2.52. The number of ether oxygens (including phenoxy) is 1. The van der Waals surface area contributed by atoms with Gasteiger partial charge in [-0.05, 0) is 41.8 Å². The summed E-state index contributed by atoms with van der Waals surface area (Å²) in [6.07, 6.45) is 4.07. The van der Waals surface area contributed by atoms with E-state index >= 15 is 0 Å². The van der Waals surface area contributed by atoms with Crippen molar-refractivity contribution < 1.29 is 9.53 Å². The zero-order valence-corrected chi connectivity index (χ0v) is 20.6. The zero-order valence-electron chi connectivity index (χ0n) is 20.6. The lowest BCUT2D eigenvalue weighted by Crippen LogP contribution is -2.32. The van der Waals surface area contributed by atoms with Crippen LogP contribution < -0.4 is 21.3 Å². The molecule has 0 aliphatic carbocycles. The van der Waals surface area contributed by atoms with Crippen molar-refractivity contribution in [2.45, 2.75) is 25.8 Å². The average Bonchev–Trinajstić information content (AvgIpc) is 3.35. The molecule has 0 saturated heterocycles. The highest BCUT2D eigenvalue weighted by atomic mass is 16.5. The number of hydrogen-bond acceptors (Lipinski definition) is 5. The van der Waals surface area contributed by atoms with Gasteiger partial charge in [-0.15, -0.1) is 0 Å². The molecule has 5 rings (SSSR count). The summed E-state index contributed by atoms with van der Waals surface area (Å²) in [4.78, 5) is 47.8. The number of para-hydroxylation sites is 1. The number of aromatic nitrogens is 4. The Morgan fingerprint density at radius 3 is 2.65 bits per heavy atom. The Balaban J connectivity index is 1.47. The lowest BCUT2D eigenvalue weighted by atomic mass is 9.90. The highest BCUT2D eigenvalue weighted by Crippen LogP contribution is 2.31. The third kappa shape index (κ3) is 4.63. The number of benzene rings is 2. The second-order valence-corrected chi connectivity index (χ2v) is 8.83. The Morgan fingerprint density at radius 1 is 1.11 bits per heavy atom. The van der Waals surface area contributed by atoms with Crippen LogP contribution in [-0.2, 0) is 6.54 Å². The number of nitrogens with one attached hydrogen (secondary N) is 3. The van der Waals surface area contributed by atoms with E-state index in [0.29, 0.717) is 19.5 Å². The normalized spacial score (nSPS) is 12.1. The van der Waals surface area contributed by atoms with Crippen molar-refractivity contribution in [3.05, 3.63) is 105 Å². The van der Waals surface area contributed by atoms with Crippen molar-refractivity contribution in [2.24, 2.45) is 0 Å². The fourth-order valence-electron chi connectivity index (χ4n) is 4.65. The number of nitrogens with zero attached hydrogens (tertiary/aromatic N) is 2. The minimum Gasteiger partial charge on any atom is -0.497 e. The van der Waals surface area contributed by atoms with Crippen LogP contribution >= 0.6 is 0 Å². The molecule has 3 aromatic heterocycles. The van der Waals surface area contributed by atoms with E-state index in [4.69, 9.17) is 4.74 Å². The molecule has 1 atom stereocenters. The summed E-state index contributed by atoms with van der Waals surface area (Å²) in [5.74, 6) is 0.248. The number of hydrogen-bond donors (Lipinski definition) is 3. The molecular formula is C28H27N5O4. The van der Waals surface area contributed by atoms with Gasteiger partial charge in [-0.1, -0.05) is 37.3 Å². The second kappa shape index (κ2) is 10.1. The van der Waals surface area contributed by atoms with Crippen LogP contribution in [0.1, 0.15) is 40.7 Å². The van der Waals surface area contributed by atoms with Crippen LogP contribution in [0.4, 0.5) is 0 Å². The van der Waals surface area contributed by atoms with E-state index in [0.717, 1.165) is 27.8 Å². The second-order valence-electron chi connectivity index (χ2n) is 8.83. The number of carbonyl (C=O) groups excluding carboxylic acids is 1. The van der Waals surface area contributed by atoms with E-state index < -0.39 is 11.2 Å². The molecule has 0 aliphatic heterocycles. The number of carbonyl (C=O) groups is 1. The Kier molecular flexibility index (Phi) is 6.59. The van der Waals surface area contributed by atoms with Gasteiger partial charge in [-0.2, -0.15) is 0 Å². The van der Waals surface area contributed by atoms with Crippen molar-refractivity contribution in [3.63, 3.8) is 0 Å². The number of fused-ring (bicyclic) bond motifs is 2. The maximum absolute atomic E-state index is 13.2. The van der Waals surface area contributed by atoms with Gasteiger partial charge in [0.15, 0.2) is 0 Å². The van der Waals surface area contributed by atoms with Crippen LogP contribution in [0.15, 0.2) is 76.6 Å². The van der Waals surface area contributed by atoms with E-state index in [1.165, 1.54) is 16.8 Å². The molecule has 188 valence electrons. The first-order chi connectivity index (χ1) is 18.0. The Bertz CT molecular complexity index is 1700. The summed E-state index contributed by atoms with van der Waals surface area (Å²) in [7, 11) is 1.62. The van der Waals surface area contributed by atoms with Gasteiger partial charge in [0, 0.05) is 42.3 Å². The number of H-pyrrole nitrogens is 2. The fourth-order valence-corrected chi connectivity index (χ4v) is 4.65. The number of amides is 1. The van der Waals surface area contributed by atoms with Gasteiger partial charge in [-0.3, -0.25) is 19.1 Å². The maximum atomic E-state index is 13.2. The first-order valence-corrected chi connectivity index (χ1v) is 12.1. The number of aromatic amines is 2. The molecule has 3 heterocycles. The van der Waals surface area contributed by atoms with Gasteiger partial charge in [0.25, 0.3) is 11.5 Å². The summed E-state index contributed by atoms with van der Waals surface area (Å²) in [5, 5.41) is 4.28. The van der Waals surface area contributed by atoms with Crippen LogP contribution in [0, 0.1) is 0 Å². The summed E-state index contributed by atoms with van der Waals surface area (Å²) in [6.45, 7) is 2.66. The Hall–Kier alpha value is -4.66. The molecule has 9 heteroatoms. The third-order valence-electron chi connectivity index (χ3n) is 6.52. The molecule has 0 aliphatic rings. The van der Waals surface area contributed by atoms with Crippen LogP contribution in [0.3, 0.4) is 0 Å². The molecule has 9 nitrogen and oxygen atoms in total. The van der Waals surface area contributed by atoms with Crippen LogP contribution in [0.25, 0.3) is 21.9 Å². The predicted molar refractivity (Wildman–Crippen MR) is 142 cm³/mol. The van der Waals surface area contributed by atoms with Crippen molar-refractivity contribution in [3.8, 4) is 5.75 Å². The molecule has 0 spiro atoms. The SMILES string of the molecule is CCCn1c(=O)[nH]c(=O)c2cc(C(=O)NCC(c3ccc(OC)cc3)c3c[nH]c4ccccc34)cnc21. The highest BCUT2D eigenvalue weighted by Gasteiger charge is 2.20. The van der Waals surface area contributed by atoms with E-state index in [2.05, 4.69) is 26.3 Å². The smallest absolute Gasteiger partial charge is 0.329 e. The standard InChI is InChI=1S/C28H27N5O4/c1-3-12-33-25-21(27(35)32-28(33)36)13-18(14-30-25)26(34)31-15-22(17-8-10-19(37-2)11-9-17)23-16-29-24-7-5-4-6-20(23)24/h4-11,13-14,16,22,29H,3,12,15H2,1-2H3,(H,31,34)(H,32,35,36). The van der Waals surface area contributed by atoms with Crippen LogP contribution in [0.5, 0.6) is 5.75 Å². The molecule has 0 saturated carbocycles. The van der Waals surface area contributed by atoms with Gasteiger partial charge in [0.05, 0.1) is 18.1 Å². The van der Waals surface area contributed by atoms with Crippen LogP contribution in [-0.4, -0.2) is 39.1 Å². The van der Waals surface area contributed by atoms with E-state index in [1.807, 2.05) is 55.6 Å². The number of rotatable bonds is 8. The Labute approximate surface area is 212 Å². The van der Waals surface area contributed by atoms with E-state index in [9.17, 15) is 14.4 Å². The van der Waals surface area contributed by atoms with Crippen molar-refractivity contribution in [1.29, 1.82) is 0 Å². The van der Waals surface area contributed by atoms with Gasteiger partial charge in [-0.25, -0.2) is 9.78 Å². The van der Waals surface area contributed by atoms with Crippen molar-refractivity contribution in [2.75, 3.05) is 13.7 Å². The molecule has 2 aromatic carbocycles.